The van der Waals surface area contributed by atoms with Gasteiger partial charge in [-0.25, -0.2) is 0 Å². The average Bonchev–Trinajstić information content (AvgIpc) is 2.61. The van der Waals surface area contributed by atoms with Crippen molar-refractivity contribution in [3.8, 4) is 0 Å². The lowest BCUT2D eigenvalue weighted by Crippen LogP contribution is -2.25. The first-order valence-corrected chi connectivity index (χ1v) is 6.19. The van der Waals surface area contributed by atoms with Crippen LogP contribution in [0.2, 0.25) is 0 Å². The van der Waals surface area contributed by atoms with Crippen LogP contribution < -0.4 is 5.32 Å². The second-order valence-corrected chi connectivity index (χ2v) is 5.12. The number of nitro benzene ring substituents is 1. The van der Waals surface area contributed by atoms with E-state index in [-0.39, 0.29) is 10.6 Å². The standard InChI is InChI=1S/C13H19N3O2/c1-9-6-12(16(17)18)4-5-13(9)14-11-7-10(2)15(3)8-11/h4-6,10-11,14H,7-8H2,1-3H3. The predicted octanol–water partition coefficient (Wildman–Crippen LogP) is 2.41. The molecule has 98 valence electrons. The molecular weight excluding hydrogens is 230 g/mol. The highest BCUT2D eigenvalue weighted by molar-refractivity contribution is 5.56. The van der Waals surface area contributed by atoms with Crippen molar-refractivity contribution in [2.75, 3.05) is 18.9 Å². The molecule has 18 heavy (non-hydrogen) atoms. The van der Waals surface area contributed by atoms with Crippen molar-refractivity contribution in [3.63, 3.8) is 0 Å². The zero-order chi connectivity index (χ0) is 13.3. The Hall–Kier alpha value is -1.62. The quantitative estimate of drug-likeness (QED) is 0.660. The van der Waals surface area contributed by atoms with Crippen molar-refractivity contribution in [2.45, 2.75) is 32.4 Å². The number of benzene rings is 1. The van der Waals surface area contributed by atoms with Crippen LogP contribution >= 0.6 is 0 Å². The van der Waals surface area contributed by atoms with Gasteiger partial charge in [0.05, 0.1) is 4.92 Å². The highest BCUT2D eigenvalue weighted by atomic mass is 16.6. The zero-order valence-electron chi connectivity index (χ0n) is 11.0. The molecule has 1 saturated heterocycles. The van der Waals surface area contributed by atoms with E-state index in [0.717, 1.165) is 24.2 Å². The number of rotatable bonds is 3. The highest BCUT2D eigenvalue weighted by Gasteiger charge is 2.26. The van der Waals surface area contributed by atoms with E-state index in [0.29, 0.717) is 12.1 Å². The number of likely N-dealkylation sites (N-methyl/N-ethyl adjacent to an activating group) is 1. The average molecular weight is 249 g/mol. The van der Waals surface area contributed by atoms with E-state index < -0.39 is 0 Å². The number of nitro groups is 1. The third-order valence-corrected chi connectivity index (χ3v) is 3.67. The van der Waals surface area contributed by atoms with Gasteiger partial charge in [-0.2, -0.15) is 0 Å². The molecular formula is C13H19N3O2. The number of aryl methyl sites for hydroxylation is 1. The SMILES string of the molecule is Cc1cc([N+](=O)[O-])ccc1NC1CC(C)N(C)C1. The van der Waals surface area contributed by atoms with Crippen LogP contribution in [0.3, 0.4) is 0 Å². The van der Waals surface area contributed by atoms with Gasteiger partial charge >= 0.3 is 0 Å². The minimum atomic E-state index is -0.359. The molecule has 1 aromatic carbocycles. The smallest absolute Gasteiger partial charge is 0.269 e. The van der Waals surface area contributed by atoms with E-state index in [2.05, 4.69) is 24.2 Å². The van der Waals surface area contributed by atoms with Crippen LogP contribution in [0.4, 0.5) is 11.4 Å². The summed E-state index contributed by atoms with van der Waals surface area (Å²) in [5.74, 6) is 0. The predicted molar refractivity (Wildman–Crippen MR) is 72.0 cm³/mol. The molecule has 5 nitrogen and oxygen atoms in total. The Bertz CT molecular complexity index is 452. The van der Waals surface area contributed by atoms with Gasteiger partial charge in [0, 0.05) is 36.4 Å². The van der Waals surface area contributed by atoms with Crippen LogP contribution in [0, 0.1) is 17.0 Å². The van der Waals surface area contributed by atoms with Gasteiger partial charge in [0.2, 0.25) is 0 Å². The second-order valence-electron chi connectivity index (χ2n) is 5.12. The minimum absolute atomic E-state index is 0.148. The summed E-state index contributed by atoms with van der Waals surface area (Å²) in [6, 6.07) is 5.98. The van der Waals surface area contributed by atoms with Crippen LogP contribution in [0.15, 0.2) is 18.2 Å². The third kappa shape index (κ3) is 2.61. The molecule has 0 bridgehead atoms. The molecule has 2 atom stereocenters. The molecule has 0 aliphatic carbocycles. The number of hydrogen-bond acceptors (Lipinski definition) is 4. The van der Waals surface area contributed by atoms with Crippen molar-refractivity contribution in [3.05, 3.63) is 33.9 Å². The molecule has 1 N–H and O–H groups in total. The molecule has 0 aromatic heterocycles. The maximum Gasteiger partial charge on any atom is 0.269 e. The van der Waals surface area contributed by atoms with Crippen LogP contribution in [0.1, 0.15) is 18.9 Å². The van der Waals surface area contributed by atoms with Gasteiger partial charge in [-0.05, 0) is 38.9 Å². The van der Waals surface area contributed by atoms with Crippen molar-refractivity contribution >= 4 is 11.4 Å². The molecule has 1 aliphatic heterocycles. The summed E-state index contributed by atoms with van der Waals surface area (Å²) < 4.78 is 0. The van der Waals surface area contributed by atoms with E-state index in [4.69, 9.17) is 0 Å². The monoisotopic (exact) mass is 249 g/mol. The molecule has 0 radical (unpaired) electrons. The Morgan fingerprint density at radius 2 is 2.22 bits per heavy atom. The molecule has 1 heterocycles. The maximum absolute atomic E-state index is 10.7. The van der Waals surface area contributed by atoms with Gasteiger partial charge in [-0.1, -0.05) is 0 Å². The van der Waals surface area contributed by atoms with Crippen molar-refractivity contribution in [1.82, 2.24) is 4.90 Å². The topological polar surface area (TPSA) is 58.4 Å². The molecule has 0 amide bonds. The number of non-ortho nitro benzene ring substituents is 1. The Kier molecular flexibility index (Phi) is 3.52. The summed E-state index contributed by atoms with van der Waals surface area (Å²) in [7, 11) is 2.12. The molecule has 1 aliphatic rings. The third-order valence-electron chi connectivity index (χ3n) is 3.67. The Morgan fingerprint density at radius 3 is 2.72 bits per heavy atom. The summed E-state index contributed by atoms with van der Waals surface area (Å²) in [4.78, 5) is 12.6. The zero-order valence-corrected chi connectivity index (χ0v) is 11.0. The maximum atomic E-state index is 10.7. The summed E-state index contributed by atoms with van der Waals surface area (Å²) in [5, 5.41) is 14.1. The van der Waals surface area contributed by atoms with Gasteiger partial charge in [0.1, 0.15) is 0 Å². The highest BCUT2D eigenvalue weighted by Crippen LogP contribution is 2.24. The molecule has 2 unspecified atom stereocenters. The second kappa shape index (κ2) is 4.94. The molecule has 0 spiro atoms. The lowest BCUT2D eigenvalue weighted by Gasteiger charge is -2.16. The number of anilines is 1. The van der Waals surface area contributed by atoms with Gasteiger partial charge in [-0.15, -0.1) is 0 Å². The lowest BCUT2D eigenvalue weighted by atomic mass is 10.1. The fraction of sp³-hybridized carbons (Fsp3) is 0.538. The van der Waals surface area contributed by atoms with Crippen LogP contribution in [-0.2, 0) is 0 Å². The largest absolute Gasteiger partial charge is 0.381 e. The van der Waals surface area contributed by atoms with Crippen LogP contribution in [0.25, 0.3) is 0 Å². The van der Waals surface area contributed by atoms with Gasteiger partial charge < -0.3 is 10.2 Å². The van der Waals surface area contributed by atoms with Crippen molar-refractivity contribution in [1.29, 1.82) is 0 Å². The van der Waals surface area contributed by atoms with E-state index in [1.807, 2.05) is 6.92 Å². The molecule has 1 fully saturated rings. The van der Waals surface area contributed by atoms with Crippen LogP contribution in [0.5, 0.6) is 0 Å². The summed E-state index contributed by atoms with van der Waals surface area (Å²) in [6.07, 6.45) is 1.10. The number of nitrogens with zero attached hydrogens (tertiary/aromatic N) is 2. The molecule has 0 saturated carbocycles. The first-order valence-electron chi connectivity index (χ1n) is 6.19. The summed E-state index contributed by atoms with van der Waals surface area (Å²) in [5.41, 5.74) is 2.06. The minimum Gasteiger partial charge on any atom is -0.381 e. The normalized spacial score (nSPS) is 24.2. The Balaban J connectivity index is 2.08. The first kappa shape index (κ1) is 12.8. The summed E-state index contributed by atoms with van der Waals surface area (Å²) >= 11 is 0. The Morgan fingerprint density at radius 1 is 1.50 bits per heavy atom. The fourth-order valence-corrected chi connectivity index (χ4v) is 2.44. The van der Waals surface area contributed by atoms with E-state index >= 15 is 0 Å². The molecule has 1 aromatic rings. The Labute approximate surface area is 107 Å². The van der Waals surface area contributed by atoms with E-state index in [9.17, 15) is 10.1 Å². The molecule has 2 rings (SSSR count). The van der Waals surface area contributed by atoms with E-state index in [1.165, 1.54) is 0 Å². The van der Waals surface area contributed by atoms with E-state index in [1.54, 1.807) is 18.2 Å². The lowest BCUT2D eigenvalue weighted by molar-refractivity contribution is -0.384. The molecule has 5 heteroatoms. The number of hydrogen-bond donors (Lipinski definition) is 1. The number of nitrogens with one attached hydrogen (secondary N) is 1. The van der Waals surface area contributed by atoms with Crippen LogP contribution in [-0.4, -0.2) is 35.5 Å². The number of likely N-dealkylation sites (tertiary alicyclic amines) is 1. The first-order chi connectivity index (χ1) is 8.47. The van der Waals surface area contributed by atoms with Gasteiger partial charge in [0.15, 0.2) is 0 Å². The van der Waals surface area contributed by atoms with Gasteiger partial charge in [-0.3, -0.25) is 10.1 Å². The summed E-state index contributed by atoms with van der Waals surface area (Å²) in [6.45, 7) is 5.12. The van der Waals surface area contributed by atoms with Crippen molar-refractivity contribution < 1.29 is 4.92 Å². The van der Waals surface area contributed by atoms with Crippen molar-refractivity contribution in [2.24, 2.45) is 0 Å². The fourth-order valence-electron chi connectivity index (χ4n) is 2.44. The van der Waals surface area contributed by atoms with Gasteiger partial charge in [0.25, 0.3) is 5.69 Å².